The average Bonchev–Trinajstić information content (AvgIpc) is 3.49. The van der Waals surface area contributed by atoms with E-state index in [4.69, 9.17) is 5.10 Å². The number of aliphatic hydroxyl groups excluding tert-OH is 1. The molecule has 4 heterocycles. The molecule has 2 aromatic rings. The second-order valence-electron chi connectivity index (χ2n) is 11.3. The maximum atomic E-state index is 13.5. The summed E-state index contributed by atoms with van der Waals surface area (Å²) in [5.41, 5.74) is 6.56. The van der Waals surface area contributed by atoms with Gasteiger partial charge in [0.2, 0.25) is 5.91 Å². The van der Waals surface area contributed by atoms with Crippen molar-refractivity contribution in [3.63, 3.8) is 0 Å². The number of benzene rings is 1. The number of hydrogen-bond donors (Lipinski definition) is 1. The molecule has 3 aliphatic heterocycles. The van der Waals surface area contributed by atoms with Crippen LogP contribution in [0.25, 0.3) is 0 Å². The second kappa shape index (κ2) is 8.91. The first-order valence-corrected chi connectivity index (χ1v) is 13.5. The van der Waals surface area contributed by atoms with Crippen LogP contribution in [0.3, 0.4) is 0 Å². The Kier molecular flexibility index (Phi) is 5.82. The average molecular weight is 492 g/mol. The molecule has 192 valence electrons. The van der Waals surface area contributed by atoms with Crippen molar-refractivity contribution in [3.05, 3.63) is 46.3 Å². The van der Waals surface area contributed by atoms with Crippen LogP contribution in [0.15, 0.2) is 18.2 Å². The Hall–Kier alpha value is -2.87. The van der Waals surface area contributed by atoms with Crippen LogP contribution in [-0.2, 0) is 24.2 Å². The van der Waals surface area contributed by atoms with E-state index in [2.05, 4.69) is 36.9 Å². The van der Waals surface area contributed by atoms with Gasteiger partial charge < -0.3 is 19.8 Å². The molecule has 0 spiro atoms. The Balaban J connectivity index is 1.12. The maximum Gasteiger partial charge on any atom is 0.274 e. The Morgan fingerprint density at radius 2 is 1.86 bits per heavy atom. The molecule has 7 rings (SSSR count). The molecule has 0 radical (unpaired) electrons. The molecule has 8 heteroatoms. The molecule has 2 bridgehead atoms. The summed E-state index contributed by atoms with van der Waals surface area (Å²) in [7, 11) is 0. The zero-order valence-electron chi connectivity index (χ0n) is 21.5. The van der Waals surface area contributed by atoms with E-state index >= 15 is 0 Å². The lowest BCUT2D eigenvalue weighted by atomic mass is 9.60. The van der Waals surface area contributed by atoms with Crippen LogP contribution in [0.5, 0.6) is 0 Å². The zero-order chi connectivity index (χ0) is 25.0. The molecule has 1 saturated carbocycles. The largest absolute Gasteiger partial charge is 0.396 e. The Bertz CT molecular complexity index is 1180. The summed E-state index contributed by atoms with van der Waals surface area (Å²) in [6, 6.07) is 6.63. The molecule has 8 nitrogen and oxygen atoms in total. The van der Waals surface area contributed by atoms with Crippen molar-refractivity contribution < 1.29 is 14.7 Å². The molecule has 5 aliphatic rings. The van der Waals surface area contributed by atoms with E-state index in [1.165, 1.54) is 16.8 Å². The Labute approximate surface area is 212 Å². The Morgan fingerprint density at radius 3 is 2.56 bits per heavy atom. The molecular formula is C28H37N5O3. The molecule has 0 atom stereocenters. The minimum absolute atomic E-state index is 0.0118. The summed E-state index contributed by atoms with van der Waals surface area (Å²) in [6.07, 6.45) is 5.39. The Morgan fingerprint density at radius 1 is 1.08 bits per heavy atom. The number of piperidine rings is 2. The minimum atomic E-state index is 0.0118. The lowest BCUT2D eigenvalue weighted by Gasteiger charge is -2.56. The first-order valence-electron chi connectivity index (χ1n) is 13.5. The predicted octanol–water partition coefficient (Wildman–Crippen LogP) is 2.32. The number of hydrogen-bond acceptors (Lipinski definition) is 5. The standard InChI is InChI=1S/C28H37N5O3/c1-19-5-3-7-23(20(19)2)30-11-13-31(14-12-30)25(35)17-33-24-8-4-6-22(24)26(29-33)27(36)32-10-9-28(18-34)15-21(32)16-28/h3,5,7,21,34H,4,6,8-18H2,1-2H3. The summed E-state index contributed by atoms with van der Waals surface area (Å²) in [6.45, 7) is 8.46. The number of amides is 2. The van der Waals surface area contributed by atoms with Crippen LogP contribution in [0.1, 0.15) is 58.6 Å². The first-order chi connectivity index (χ1) is 17.4. The monoisotopic (exact) mass is 491 g/mol. The molecule has 36 heavy (non-hydrogen) atoms. The normalized spacial score (nSPS) is 25.1. The van der Waals surface area contributed by atoms with Crippen molar-refractivity contribution in [2.24, 2.45) is 5.41 Å². The van der Waals surface area contributed by atoms with Gasteiger partial charge in [0.15, 0.2) is 5.69 Å². The summed E-state index contributed by atoms with van der Waals surface area (Å²) < 4.78 is 1.82. The molecule has 0 unspecified atom stereocenters. The van der Waals surface area contributed by atoms with Gasteiger partial charge in [-0.05, 0) is 75.0 Å². The molecule has 3 saturated heterocycles. The van der Waals surface area contributed by atoms with Gasteiger partial charge >= 0.3 is 0 Å². The van der Waals surface area contributed by atoms with Gasteiger partial charge in [0.1, 0.15) is 6.54 Å². The summed E-state index contributed by atoms with van der Waals surface area (Å²) >= 11 is 0. The SMILES string of the molecule is Cc1cccc(N2CCN(C(=O)Cn3nc(C(=O)N4CCC5(CO)CC4C5)c4c3CCC4)CC2)c1C. The van der Waals surface area contributed by atoms with E-state index in [1.54, 1.807) is 0 Å². The van der Waals surface area contributed by atoms with Crippen LogP contribution < -0.4 is 4.90 Å². The van der Waals surface area contributed by atoms with Crippen LogP contribution in [0.4, 0.5) is 5.69 Å². The van der Waals surface area contributed by atoms with Gasteiger partial charge in [0.25, 0.3) is 5.91 Å². The molecule has 2 aliphatic carbocycles. The summed E-state index contributed by atoms with van der Waals surface area (Å²) in [5.74, 6) is 0.0919. The third-order valence-corrected chi connectivity index (χ3v) is 9.30. The number of aryl methyl sites for hydroxylation is 1. The van der Waals surface area contributed by atoms with Gasteiger partial charge in [-0.3, -0.25) is 14.3 Å². The summed E-state index contributed by atoms with van der Waals surface area (Å²) in [4.78, 5) is 33.1. The number of carbonyl (C=O) groups excluding carboxylic acids is 2. The van der Waals surface area contributed by atoms with Crippen molar-refractivity contribution in [2.45, 2.75) is 65.0 Å². The lowest BCUT2D eigenvalue weighted by molar-refractivity contribution is -0.132. The maximum absolute atomic E-state index is 13.5. The third kappa shape index (κ3) is 3.81. The molecule has 4 fully saturated rings. The topological polar surface area (TPSA) is 81.9 Å². The number of piperazine rings is 1. The van der Waals surface area contributed by atoms with E-state index in [0.29, 0.717) is 25.3 Å². The van der Waals surface area contributed by atoms with Gasteiger partial charge in [-0.15, -0.1) is 0 Å². The molecule has 1 N–H and O–H groups in total. The van der Waals surface area contributed by atoms with Crippen molar-refractivity contribution in [1.29, 1.82) is 0 Å². The highest BCUT2D eigenvalue weighted by atomic mass is 16.3. The van der Waals surface area contributed by atoms with Crippen LogP contribution in [-0.4, -0.2) is 81.9 Å². The number of nitrogens with zero attached hydrogens (tertiary/aromatic N) is 5. The fraction of sp³-hybridized carbons (Fsp3) is 0.607. The van der Waals surface area contributed by atoms with Gasteiger partial charge in [-0.2, -0.15) is 5.10 Å². The highest BCUT2D eigenvalue weighted by Crippen LogP contribution is 2.50. The van der Waals surface area contributed by atoms with E-state index in [1.807, 2.05) is 14.5 Å². The quantitative estimate of drug-likeness (QED) is 0.694. The van der Waals surface area contributed by atoms with Crippen molar-refractivity contribution >= 4 is 17.5 Å². The van der Waals surface area contributed by atoms with Gasteiger partial charge in [-0.25, -0.2) is 0 Å². The van der Waals surface area contributed by atoms with E-state index in [9.17, 15) is 14.7 Å². The predicted molar refractivity (Wildman–Crippen MR) is 137 cm³/mol. The molecule has 2 amide bonds. The highest BCUT2D eigenvalue weighted by molar-refractivity contribution is 5.94. The van der Waals surface area contributed by atoms with Crippen LogP contribution in [0, 0.1) is 19.3 Å². The lowest BCUT2D eigenvalue weighted by Crippen LogP contribution is -2.60. The van der Waals surface area contributed by atoms with E-state index in [-0.39, 0.29) is 36.4 Å². The highest BCUT2D eigenvalue weighted by Gasteiger charge is 2.52. The van der Waals surface area contributed by atoms with E-state index in [0.717, 1.165) is 62.9 Å². The number of aliphatic hydroxyl groups is 1. The fourth-order valence-electron chi connectivity index (χ4n) is 6.83. The molecular weight excluding hydrogens is 454 g/mol. The number of fused-ring (bicyclic) bond motifs is 3. The molecule has 1 aromatic heterocycles. The van der Waals surface area contributed by atoms with Crippen molar-refractivity contribution in [2.75, 3.05) is 44.2 Å². The third-order valence-electron chi connectivity index (χ3n) is 9.30. The van der Waals surface area contributed by atoms with Crippen molar-refractivity contribution in [1.82, 2.24) is 19.6 Å². The summed E-state index contributed by atoms with van der Waals surface area (Å²) in [5, 5.41) is 14.4. The van der Waals surface area contributed by atoms with Gasteiger partial charge in [0.05, 0.1) is 0 Å². The smallest absolute Gasteiger partial charge is 0.274 e. The zero-order valence-corrected chi connectivity index (χ0v) is 21.5. The number of anilines is 1. The number of carbonyl (C=O) groups is 2. The first kappa shape index (κ1) is 23.5. The van der Waals surface area contributed by atoms with Crippen LogP contribution in [0.2, 0.25) is 0 Å². The van der Waals surface area contributed by atoms with Gasteiger partial charge in [-0.1, -0.05) is 12.1 Å². The second-order valence-corrected chi connectivity index (χ2v) is 11.3. The van der Waals surface area contributed by atoms with Gasteiger partial charge in [0, 0.05) is 62.3 Å². The molecule has 1 aromatic carbocycles. The van der Waals surface area contributed by atoms with Crippen LogP contribution >= 0.6 is 0 Å². The minimum Gasteiger partial charge on any atom is -0.396 e. The van der Waals surface area contributed by atoms with Crippen molar-refractivity contribution in [3.8, 4) is 0 Å². The van der Waals surface area contributed by atoms with E-state index < -0.39 is 0 Å². The number of aromatic nitrogens is 2. The number of rotatable bonds is 5. The fourth-order valence-corrected chi connectivity index (χ4v) is 6.83.